The van der Waals surface area contributed by atoms with Gasteiger partial charge < -0.3 is 10.2 Å². The van der Waals surface area contributed by atoms with Gasteiger partial charge in [0.05, 0.1) is 6.04 Å². The Kier molecular flexibility index (Phi) is 3.85. The van der Waals surface area contributed by atoms with E-state index in [0.717, 1.165) is 24.1 Å². The van der Waals surface area contributed by atoms with Crippen molar-refractivity contribution in [1.29, 1.82) is 0 Å². The van der Waals surface area contributed by atoms with Crippen LogP contribution in [0, 0.1) is 6.92 Å². The summed E-state index contributed by atoms with van der Waals surface area (Å²) in [7, 11) is 0. The van der Waals surface area contributed by atoms with Crippen molar-refractivity contribution in [3.05, 3.63) is 34.9 Å². The van der Waals surface area contributed by atoms with E-state index in [1.807, 2.05) is 6.92 Å². The second kappa shape index (κ2) is 5.25. The lowest BCUT2D eigenvalue weighted by Crippen LogP contribution is -2.37. The molecule has 1 heterocycles. The maximum atomic E-state index is 10.2. The van der Waals surface area contributed by atoms with Gasteiger partial charge in [-0.05, 0) is 45.7 Å². The van der Waals surface area contributed by atoms with Gasteiger partial charge in [-0.2, -0.15) is 0 Å². The first kappa shape index (κ1) is 13.9. The average molecular weight is 261 g/mol. The van der Waals surface area contributed by atoms with E-state index < -0.39 is 0 Å². The fourth-order valence-electron chi connectivity index (χ4n) is 2.87. The van der Waals surface area contributed by atoms with Crippen LogP contribution >= 0.6 is 0 Å². The van der Waals surface area contributed by atoms with Crippen molar-refractivity contribution in [1.82, 2.24) is 4.90 Å². The third kappa shape index (κ3) is 2.76. The largest absolute Gasteiger partial charge is 0.508 e. The molecule has 19 heavy (non-hydrogen) atoms. The number of phenols is 2. The molecule has 1 aromatic rings. The van der Waals surface area contributed by atoms with E-state index in [4.69, 9.17) is 0 Å². The van der Waals surface area contributed by atoms with Crippen LogP contribution in [0.2, 0.25) is 0 Å². The lowest BCUT2D eigenvalue weighted by atomic mass is 9.92. The number of aromatic hydroxyl groups is 2. The molecule has 0 aliphatic carbocycles. The maximum absolute atomic E-state index is 10.2. The Labute approximate surface area is 115 Å². The molecule has 3 heteroatoms. The summed E-state index contributed by atoms with van der Waals surface area (Å²) in [5, 5.41) is 19.7. The monoisotopic (exact) mass is 261 g/mol. The number of benzene rings is 1. The number of hydrogen-bond donors (Lipinski definition) is 2. The van der Waals surface area contributed by atoms with Gasteiger partial charge in [-0.25, -0.2) is 0 Å². The summed E-state index contributed by atoms with van der Waals surface area (Å²) in [6.07, 6.45) is 3.30. The molecule has 2 rings (SSSR count). The predicted molar refractivity (Wildman–Crippen MR) is 77.5 cm³/mol. The minimum atomic E-state index is 0.0920. The Morgan fingerprint density at radius 1 is 1.21 bits per heavy atom. The molecule has 1 aliphatic heterocycles. The third-order valence-corrected chi connectivity index (χ3v) is 3.87. The highest BCUT2D eigenvalue weighted by Crippen LogP contribution is 2.39. The Hall–Kier alpha value is -1.48. The van der Waals surface area contributed by atoms with Crippen LogP contribution in [0.25, 0.3) is 0 Å². The summed E-state index contributed by atoms with van der Waals surface area (Å²) in [6, 6.07) is 3.65. The predicted octanol–water partition coefficient (Wildman–Crippen LogP) is 3.51. The molecule has 0 saturated carbocycles. The Bertz CT molecular complexity index is 482. The number of aryl methyl sites for hydroxylation is 1. The van der Waals surface area contributed by atoms with Gasteiger partial charge in [0.25, 0.3) is 0 Å². The van der Waals surface area contributed by atoms with Crippen LogP contribution in [0.5, 0.6) is 11.5 Å². The lowest BCUT2D eigenvalue weighted by Gasteiger charge is -2.38. The van der Waals surface area contributed by atoms with Crippen molar-refractivity contribution in [3.8, 4) is 11.5 Å². The fraction of sp³-hybridized carbons (Fsp3) is 0.500. The van der Waals surface area contributed by atoms with E-state index in [1.54, 1.807) is 6.07 Å². The summed E-state index contributed by atoms with van der Waals surface area (Å²) >= 11 is 0. The fourth-order valence-corrected chi connectivity index (χ4v) is 2.87. The molecule has 1 atom stereocenters. The normalized spacial score (nSPS) is 20.7. The minimum Gasteiger partial charge on any atom is -0.508 e. The van der Waals surface area contributed by atoms with Crippen LogP contribution in [0.1, 0.15) is 44.4 Å². The highest BCUT2D eigenvalue weighted by Gasteiger charge is 2.27. The second-order valence-electron chi connectivity index (χ2n) is 5.73. The highest BCUT2D eigenvalue weighted by molar-refractivity contribution is 5.48. The molecule has 104 valence electrons. The van der Waals surface area contributed by atoms with Gasteiger partial charge in [0.15, 0.2) is 0 Å². The van der Waals surface area contributed by atoms with Crippen molar-refractivity contribution < 1.29 is 10.2 Å². The first-order valence-corrected chi connectivity index (χ1v) is 6.85. The van der Waals surface area contributed by atoms with E-state index in [0.29, 0.717) is 6.04 Å². The quantitative estimate of drug-likeness (QED) is 0.801. The van der Waals surface area contributed by atoms with Crippen LogP contribution < -0.4 is 0 Å². The first-order valence-electron chi connectivity index (χ1n) is 6.85. The molecule has 0 bridgehead atoms. The maximum Gasteiger partial charge on any atom is 0.124 e. The van der Waals surface area contributed by atoms with Gasteiger partial charge in [-0.1, -0.05) is 11.6 Å². The average Bonchev–Trinajstić information content (AvgIpc) is 2.27. The Morgan fingerprint density at radius 2 is 1.89 bits per heavy atom. The molecule has 3 nitrogen and oxygen atoms in total. The molecule has 0 aromatic heterocycles. The van der Waals surface area contributed by atoms with Gasteiger partial charge in [0.1, 0.15) is 11.5 Å². The zero-order valence-electron chi connectivity index (χ0n) is 12.1. The van der Waals surface area contributed by atoms with Gasteiger partial charge in [-0.15, -0.1) is 0 Å². The van der Waals surface area contributed by atoms with Crippen molar-refractivity contribution in [2.24, 2.45) is 0 Å². The molecule has 0 amide bonds. The zero-order valence-corrected chi connectivity index (χ0v) is 12.1. The lowest BCUT2D eigenvalue weighted by molar-refractivity contribution is 0.171. The van der Waals surface area contributed by atoms with Crippen LogP contribution in [0.15, 0.2) is 23.8 Å². The van der Waals surface area contributed by atoms with E-state index >= 15 is 0 Å². The molecule has 0 spiro atoms. The Balaban J connectivity index is 2.51. The van der Waals surface area contributed by atoms with Crippen molar-refractivity contribution in [2.75, 3.05) is 6.54 Å². The second-order valence-corrected chi connectivity index (χ2v) is 5.73. The number of rotatable bonds is 2. The summed E-state index contributed by atoms with van der Waals surface area (Å²) in [5.74, 6) is 0.297. The number of hydrogen-bond acceptors (Lipinski definition) is 3. The molecule has 0 radical (unpaired) electrons. The molecular formula is C16H23NO2. The third-order valence-electron chi connectivity index (χ3n) is 3.87. The van der Waals surface area contributed by atoms with Crippen molar-refractivity contribution >= 4 is 0 Å². The molecular weight excluding hydrogens is 238 g/mol. The SMILES string of the molecule is CC1=C[C@@H](c2c(C)cc(O)cc2O)N(C(C)C)CC1. The summed E-state index contributed by atoms with van der Waals surface area (Å²) in [5.41, 5.74) is 3.19. The van der Waals surface area contributed by atoms with Crippen molar-refractivity contribution in [2.45, 2.75) is 46.2 Å². The van der Waals surface area contributed by atoms with E-state index in [1.165, 1.54) is 11.6 Å². The van der Waals surface area contributed by atoms with E-state index in [2.05, 4.69) is 31.7 Å². The summed E-state index contributed by atoms with van der Waals surface area (Å²) in [6.45, 7) is 9.43. The molecule has 1 aliphatic rings. The standard InChI is InChI=1S/C16H23NO2/c1-10(2)17-6-5-11(3)7-14(17)16-12(4)8-13(18)9-15(16)19/h7-10,14,18-19H,5-6H2,1-4H3/t14-/m0/s1. The van der Waals surface area contributed by atoms with Gasteiger partial charge in [0.2, 0.25) is 0 Å². The van der Waals surface area contributed by atoms with Gasteiger partial charge in [-0.3, -0.25) is 4.90 Å². The van der Waals surface area contributed by atoms with Gasteiger partial charge in [0, 0.05) is 24.2 Å². The minimum absolute atomic E-state index is 0.0920. The first-order chi connectivity index (χ1) is 8.90. The van der Waals surface area contributed by atoms with Gasteiger partial charge >= 0.3 is 0 Å². The zero-order chi connectivity index (χ0) is 14.2. The highest BCUT2D eigenvalue weighted by atomic mass is 16.3. The molecule has 0 unspecified atom stereocenters. The van der Waals surface area contributed by atoms with Crippen LogP contribution in [0.4, 0.5) is 0 Å². The van der Waals surface area contributed by atoms with Crippen molar-refractivity contribution in [3.63, 3.8) is 0 Å². The Morgan fingerprint density at radius 3 is 2.47 bits per heavy atom. The molecule has 0 saturated heterocycles. The molecule has 1 aromatic carbocycles. The number of nitrogens with zero attached hydrogens (tertiary/aromatic N) is 1. The topological polar surface area (TPSA) is 43.7 Å². The van der Waals surface area contributed by atoms with Crippen LogP contribution in [0.3, 0.4) is 0 Å². The van der Waals surface area contributed by atoms with E-state index in [9.17, 15) is 10.2 Å². The van der Waals surface area contributed by atoms with Crippen LogP contribution in [-0.4, -0.2) is 27.7 Å². The van der Waals surface area contributed by atoms with Crippen LogP contribution in [-0.2, 0) is 0 Å². The summed E-state index contributed by atoms with van der Waals surface area (Å²) in [4.78, 5) is 2.38. The summed E-state index contributed by atoms with van der Waals surface area (Å²) < 4.78 is 0. The molecule has 2 N–H and O–H groups in total. The molecule has 0 fully saturated rings. The smallest absolute Gasteiger partial charge is 0.124 e. The number of phenolic OH excluding ortho intramolecular Hbond substituents is 2. The van der Waals surface area contributed by atoms with E-state index in [-0.39, 0.29) is 17.5 Å².